The molecule has 2 aromatic carbocycles. The van der Waals surface area contributed by atoms with Crippen molar-refractivity contribution in [2.45, 2.75) is 45.1 Å². The van der Waals surface area contributed by atoms with Crippen molar-refractivity contribution in [3.8, 4) is 11.8 Å². The highest BCUT2D eigenvalue weighted by molar-refractivity contribution is 7.09. The topological polar surface area (TPSA) is 42.4 Å². The first-order valence-electron chi connectivity index (χ1n) is 10.3. The number of likely N-dealkylation sites (tertiary alicyclic amines) is 1. The lowest BCUT2D eigenvalue weighted by molar-refractivity contribution is 0.0205. The second-order valence-electron chi connectivity index (χ2n) is 8.59. The molecule has 0 bridgehead atoms. The monoisotopic (exact) mass is 418 g/mol. The van der Waals surface area contributed by atoms with Crippen molar-refractivity contribution in [3.05, 3.63) is 64.1 Å². The molecule has 0 atom stereocenters. The first-order valence-corrected chi connectivity index (χ1v) is 11.2. The van der Waals surface area contributed by atoms with Crippen LogP contribution in [0.5, 0.6) is 0 Å². The Hall–Kier alpha value is -2.84. The molecule has 0 N–H and O–H groups in total. The van der Waals surface area contributed by atoms with Crippen LogP contribution in [0, 0.1) is 11.8 Å². The average Bonchev–Trinajstić information content (AvgIpc) is 3.20. The third kappa shape index (κ3) is 4.83. The molecule has 154 valence electrons. The van der Waals surface area contributed by atoms with Crippen LogP contribution in [0.15, 0.2) is 47.8 Å². The molecule has 0 aliphatic carbocycles. The van der Waals surface area contributed by atoms with Gasteiger partial charge in [0.15, 0.2) is 0 Å². The van der Waals surface area contributed by atoms with E-state index in [0.29, 0.717) is 19.0 Å². The molecule has 5 heteroatoms. The fourth-order valence-corrected chi connectivity index (χ4v) is 4.56. The molecule has 0 saturated carbocycles. The van der Waals surface area contributed by atoms with Crippen molar-refractivity contribution in [1.29, 1.82) is 0 Å². The normalized spacial score (nSPS) is 15.0. The zero-order valence-electron chi connectivity index (χ0n) is 17.6. The van der Waals surface area contributed by atoms with Gasteiger partial charge in [-0.3, -0.25) is 0 Å². The van der Waals surface area contributed by atoms with E-state index in [4.69, 9.17) is 9.72 Å². The number of carbonyl (C=O) groups is 1. The molecular weight excluding hydrogens is 392 g/mol. The third-order valence-corrected chi connectivity index (χ3v) is 6.14. The summed E-state index contributed by atoms with van der Waals surface area (Å²) >= 11 is 1.67. The van der Waals surface area contributed by atoms with E-state index in [1.54, 1.807) is 16.2 Å². The Balaban J connectivity index is 1.41. The Labute approximate surface area is 181 Å². The van der Waals surface area contributed by atoms with E-state index in [2.05, 4.69) is 36.1 Å². The number of rotatable bonds is 1. The lowest BCUT2D eigenvalue weighted by Gasteiger charge is -2.32. The Morgan fingerprint density at radius 3 is 2.60 bits per heavy atom. The molecule has 1 amide bonds. The van der Waals surface area contributed by atoms with Crippen molar-refractivity contribution in [2.24, 2.45) is 0 Å². The Bertz CT molecular complexity index is 1100. The SMILES string of the molecule is CC(C)(C)OC(=O)N1CCC(c2nc(C#Cc3cccc4ccccc34)cs2)CC1. The first kappa shape index (κ1) is 20.4. The Morgan fingerprint density at radius 1 is 1.10 bits per heavy atom. The molecule has 0 radical (unpaired) electrons. The molecule has 1 saturated heterocycles. The number of hydrogen-bond donors (Lipinski definition) is 0. The summed E-state index contributed by atoms with van der Waals surface area (Å²) < 4.78 is 5.48. The van der Waals surface area contributed by atoms with Crippen LogP contribution in [0.1, 0.15) is 55.8 Å². The fraction of sp³-hybridized carbons (Fsp3) is 0.360. The summed E-state index contributed by atoms with van der Waals surface area (Å²) in [5.74, 6) is 6.90. The van der Waals surface area contributed by atoms with Crippen molar-refractivity contribution in [1.82, 2.24) is 9.88 Å². The molecule has 1 aliphatic rings. The summed E-state index contributed by atoms with van der Waals surface area (Å²) in [6, 6.07) is 14.5. The van der Waals surface area contributed by atoms with Gasteiger partial charge in [-0.25, -0.2) is 9.78 Å². The van der Waals surface area contributed by atoms with Gasteiger partial charge in [-0.05, 0) is 56.4 Å². The fourth-order valence-electron chi connectivity index (χ4n) is 3.63. The van der Waals surface area contributed by atoms with E-state index in [-0.39, 0.29) is 6.09 Å². The van der Waals surface area contributed by atoms with E-state index in [9.17, 15) is 4.79 Å². The number of ether oxygens (including phenoxy) is 1. The number of hydrogen-bond acceptors (Lipinski definition) is 4. The van der Waals surface area contributed by atoms with Gasteiger partial charge in [0.2, 0.25) is 0 Å². The number of amides is 1. The van der Waals surface area contributed by atoms with E-state index in [0.717, 1.165) is 34.5 Å². The molecular formula is C25H26N2O2S. The zero-order valence-corrected chi connectivity index (χ0v) is 18.5. The predicted octanol–water partition coefficient (Wildman–Crippen LogP) is 5.81. The summed E-state index contributed by atoms with van der Waals surface area (Å²) in [6.45, 7) is 7.10. The van der Waals surface area contributed by atoms with Crippen molar-refractivity contribution < 1.29 is 9.53 Å². The van der Waals surface area contributed by atoms with E-state index in [1.165, 1.54) is 5.39 Å². The number of piperidine rings is 1. The van der Waals surface area contributed by atoms with Gasteiger partial charge in [-0.15, -0.1) is 11.3 Å². The van der Waals surface area contributed by atoms with Crippen molar-refractivity contribution >= 4 is 28.2 Å². The van der Waals surface area contributed by atoms with E-state index >= 15 is 0 Å². The number of aromatic nitrogens is 1. The van der Waals surface area contributed by atoms with Gasteiger partial charge in [0.25, 0.3) is 0 Å². The maximum Gasteiger partial charge on any atom is 0.410 e. The van der Waals surface area contributed by atoms with Crippen molar-refractivity contribution in [2.75, 3.05) is 13.1 Å². The highest BCUT2D eigenvalue weighted by Crippen LogP contribution is 2.31. The van der Waals surface area contributed by atoms with Gasteiger partial charge >= 0.3 is 6.09 Å². The lowest BCUT2D eigenvalue weighted by atomic mass is 9.98. The zero-order chi connectivity index (χ0) is 21.1. The average molecular weight is 419 g/mol. The Kier molecular flexibility index (Phi) is 5.78. The Morgan fingerprint density at radius 2 is 1.83 bits per heavy atom. The van der Waals surface area contributed by atoms with Crippen LogP contribution in [0.3, 0.4) is 0 Å². The number of thiazole rings is 1. The number of carbonyl (C=O) groups excluding carboxylic acids is 1. The van der Waals surface area contributed by atoms with Gasteiger partial charge < -0.3 is 9.64 Å². The summed E-state index contributed by atoms with van der Waals surface area (Å²) in [7, 11) is 0. The van der Waals surface area contributed by atoms with Crippen molar-refractivity contribution in [3.63, 3.8) is 0 Å². The van der Waals surface area contributed by atoms with Crippen LogP contribution in [0.4, 0.5) is 4.79 Å². The van der Waals surface area contributed by atoms with Gasteiger partial charge in [0.05, 0.1) is 5.01 Å². The van der Waals surface area contributed by atoms with Gasteiger partial charge in [0, 0.05) is 30.0 Å². The molecule has 1 fully saturated rings. The van der Waals surface area contributed by atoms with E-state index in [1.807, 2.05) is 44.4 Å². The third-order valence-electron chi connectivity index (χ3n) is 5.13. The lowest BCUT2D eigenvalue weighted by Crippen LogP contribution is -2.41. The quantitative estimate of drug-likeness (QED) is 0.468. The smallest absolute Gasteiger partial charge is 0.410 e. The highest BCUT2D eigenvalue weighted by atomic mass is 32.1. The maximum atomic E-state index is 12.2. The molecule has 1 aromatic heterocycles. The molecule has 4 nitrogen and oxygen atoms in total. The maximum absolute atomic E-state index is 12.2. The molecule has 2 heterocycles. The number of fused-ring (bicyclic) bond motifs is 1. The first-order chi connectivity index (χ1) is 14.4. The highest BCUT2D eigenvalue weighted by Gasteiger charge is 2.28. The summed E-state index contributed by atoms with van der Waals surface area (Å²) in [5, 5.41) is 5.51. The summed E-state index contributed by atoms with van der Waals surface area (Å²) in [6.07, 6.45) is 1.59. The van der Waals surface area contributed by atoms with Gasteiger partial charge in [0.1, 0.15) is 11.3 Å². The molecule has 1 aliphatic heterocycles. The molecule has 3 aromatic rings. The van der Waals surface area contributed by atoms with Crippen LogP contribution >= 0.6 is 11.3 Å². The van der Waals surface area contributed by atoms with Gasteiger partial charge in [-0.2, -0.15) is 0 Å². The summed E-state index contributed by atoms with van der Waals surface area (Å²) in [5.41, 5.74) is 1.38. The molecule has 0 unspecified atom stereocenters. The number of nitrogens with zero attached hydrogens (tertiary/aromatic N) is 2. The van der Waals surface area contributed by atoms with Gasteiger partial charge in [-0.1, -0.05) is 42.3 Å². The van der Waals surface area contributed by atoms with Crippen LogP contribution < -0.4 is 0 Å². The number of benzene rings is 2. The molecule has 4 rings (SSSR count). The minimum atomic E-state index is -0.457. The standard InChI is InChI=1S/C25H26N2O2S/c1-25(2,3)29-24(28)27-15-13-20(14-16-27)23-26-21(17-30-23)12-11-19-9-6-8-18-7-4-5-10-22(18)19/h4-10,17,20H,13-16H2,1-3H3. The second-order valence-corrected chi connectivity index (χ2v) is 9.48. The summed E-state index contributed by atoms with van der Waals surface area (Å²) in [4.78, 5) is 18.8. The van der Waals surface area contributed by atoms with Crippen LogP contribution in [-0.2, 0) is 4.74 Å². The van der Waals surface area contributed by atoms with Crippen LogP contribution in [0.25, 0.3) is 10.8 Å². The largest absolute Gasteiger partial charge is 0.444 e. The second kappa shape index (κ2) is 8.49. The van der Waals surface area contributed by atoms with Crippen LogP contribution in [0.2, 0.25) is 0 Å². The molecule has 30 heavy (non-hydrogen) atoms. The minimum Gasteiger partial charge on any atom is -0.444 e. The minimum absolute atomic E-state index is 0.221. The van der Waals surface area contributed by atoms with E-state index < -0.39 is 5.60 Å². The predicted molar refractivity (Wildman–Crippen MR) is 122 cm³/mol. The van der Waals surface area contributed by atoms with Crippen LogP contribution in [-0.4, -0.2) is 34.7 Å². The molecule has 0 spiro atoms.